The van der Waals surface area contributed by atoms with Crippen LogP contribution in [0.2, 0.25) is 0 Å². The highest BCUT2D eigenvalue weighted by Gasteiger charge is 2.52. The van der Waals surface area contributed by atoms with Crippen LogP contribution in [-0.2, 0) is 14.8 Å². The van der Waals surface area contributed by atoms with Crippen LogP contribution in [0.25, 0.3) is 0 Å². The Morgan fingerprint density at radius 2 is 1.70 bits per heavy atom. The number of hydrogen-bond donors (Lipinski definition) is 2. The van der Waals surface area contributed by atoms with Crippen molar-refractivity contribution >= 4 is 33.5 Å². The van der Waals surface area contributed by atoms with Gasteiger partial charge in [0.15, 0.2) is 0 Å². The van der Waals surface area contributed by atoms with E-state index in [1.165, 1.54) is 33.3 Å². The monoisotopic (exact) mass is 341 g/mol. The number of benzene rings is 1. The molecule has 23 heavy (non-hydrogen) atoms. The average Bonchev–Trinajstić information content (AvgIpc) is 2.51. The van der Waals surface area contributed by atoms with E-state index in [9.17, 15) is 18.0 Å². The summed E-state index contributed by atoms with van der Waals surface area (Å²) in [5.41, 5.74) is 0.244. The standard InChI is InChI=1S/C13H16N4O5S/c1-16-11(14)10(12(18)17(2)13(16)19)23(20,21)15-8-4-6-9(22-3)7-5-8/h4-7,10,14-15H,1-3H3/p+1. The molecule has 1 atom stereocenters. The highest BCUT2D eigenvalue weighted by Crippen LogP contribution is 2.20. The Kier molecular flexibility index (Phi) is 4.28. The maximum Gasteiger partial charge on any atom is 0.417 e. The number of rotatable bonds is 4. The van der Waals surface area contributed by atoms with E-state index < -0.39 is 27.2 Å². The van der Waals surface area contributed by atoms with Gasteiger partial charge < -0.3 is 4.74 Å². The van der Waals surface area contributed by atoms with Gasteiger partial charge in [-0.3, -0.25) is 14.9 Å². The fourth-order valence-corrected chi connectivity index (χ4v) is 3.56. The first kappa shape index (κ1) is 16.7. The maximum atomic E-state index is 12.5. The normalized spacial score (nSPS) is 19.1. The number of hydrogen-bond acceptors (Lipinski definition) is 5. The average molecular weight is 341 g/mol. The van der Waals surface area contributed by atoms with Gasteiger partial charge in [-0.25, -0.2) is 18.1 Å². The van der Waals surface area contributed by atoms with Crippen LogP contribution < -0.4 is 14.9 Å². The molecule has 1 fully saturated rings. The van der Waals surface area contributed by atoms with Crippen LogP contribution >= 0.6 is 0 Å². The lowest BCUT2D eigenvalue weighted by atomic mass is 10.2. The number of sulfonamides is 1. The number of amidine groups is 1. The number of carbonyl (C=O) groups excluding carboxylic acids is 2. The molecule has 1 aliphatic rings. The Morgan fingerprint density at radius 3 is 2.22 bits per heavy atom. The first-order valence-corrected chi connectivity index (χ1v) is 8.07. The summed E-state index contributed by atoms with van der Waals surface area (Å²) in [6.07, 6.45) is 0. The third-order valence-electron chi connectivity index (χ3n) is 3.45. The summed E-state index contributed by atoms with van der Waals surface area (Å²) in [5.74, 6) is -0.705. The maximum absolute atomic E-state index is 12.5. The Labute approximate surface area is 133 Å². The molecule has 0 aromatic heterocycles. The molecule has 1 unspecified atom stereocenters. The van der Waals surface area contributed by atoms with Crippen molar-refractivity contribution in [1.82, 2.24) is 9.80 Å². The van der Waals surface area contributed by atoms with Crippen molar-refractivity contribution in [2.45, 2.75) is 5.25 Å². The highest BCUT2D eigenvalue weighted by atomic mass is 32.2. The van der Waals surface area contributed by atoms with Crippen molar-refractivity contribution in [1.29, 1.82) is 0 Å². The van der Waals surface area contributed by atoms with Crippen molar-refractivity contribution in [2.75, 3.05) is 25.9 Å². The molecule has 1 aliphatic heterocycles. The third kappa shape index (κ3) is 2.97. The number of amides is 3. The molecular weight excluding hydrogens is 324 g/mol. The molecule has 3 amide bonds. The van der Waals surface area contributed by atoms with E-state index in [4.69, 9.17) is 10.1 Å². The molecule has 1 aromatic carbocycles. The van der Waals surface area contributed by atoms with Crippen molar-refractivity contribution in [3.05, 3.63) is 24.3 Å². The van der Waals surface area contributed by atoms with Crippen LogP contribution in [0.5, 0.6) is 5.75 Å². The lowest BCUT2D eigenvalue weighted by Crippen LogP contribution is -2.70. The Bertz CT molecular complexity index is 735. The van der Waals surface area contributed by atoms with E-state index in [0.29, 0.717) is 10.6 Å². The fourth-order valence-electron chi connectivity index (χ4n) is 2.08. The summed E-state index contributed by atoms with van der Waals surface area (Å²) in [7, 11) is -0.197. The van der Waals surface area contributed by atoms with Gasteiger partial charge in [0, 0.05) is 12.7 Å². The molecule has 0 spiro atoms. The van der Waals surface area contributed by atoms with Gasteiger partial charge in [-0.15, -0.1) is 0 Å². The molecular formula is C13H17N4O5S+. The molecule has 0 saturated carbocycles. The number of carbonyl (C=O) groups is 2. The summed E-state index contributed by atoms with van der Waals surface area (Å²) in [6, 6.07) is 5.41. The third-order valence-corrected chi connectivity index (χ3v) is 5.03. The van der Waals surface area contributed by atoms with Gasteiger partial charge in [0.2, 0.25) is 0 Å². The van der Waals surface area contributed by atoms with E-state index in [-0.39, 0.29) is 11.5 Å². The van der Waals surface area contributed by atoms with Gasteiger partial charge >= 0.3 is 6.03 Å². The minimum Gasteiger partial charge on any atom is -0.497 e. The molecule has 1 aromatic rings. The van der Waals surface area contributed by atoms with Gasteiger partial charge in [-0.05, 0) is 24.3 Å². The van der Waals surface area contributed by atoms with Gasteiger partial charge in [-0.1, -0.05) is 0 Å². The second kappa shape index (κ2) is 5.88. The van der Waals surface area contributed by atoms with Gasteiger partial charge in [0.1, 0.15) is 5.75 Å². The topological polar surface area (TPSA) is 122 Å². The number of imide groups is 1. The zero-order valence-corrected chi connectivity index (χ0v) is 13.6. The molecule has 0 radical (unpaired) electrons. The second-order valence-electron chi connectivity index (χ2n) is 4.92. The first-order valence-electron chi connectivity index (χ1n) is 6.52. The van der Waals surface area contributed by atoms with Crippen LogP contribution in [0, 0.1) is 0 Å². The molecule has 10 heteroatoms. The summed E-state index contributed by atoms with van der Waals surface area (Å²) in [4.78, 5) is 25.6. The van der Waals surface area contributed by atoms with E-state index in [2.05, 4.69) is 4.72 Å². The Balaban J connectivity index is 2.32. The zero-order chi connectivity index (χ0) is 17.4. The number of nitrogens with zero attached hydrogens (tertiary/aromatic N) is 2. The van der Waals surface area contributed by atoms with Gasteiger partial charge in [0.25, 0.3) is 27.0 Å². The summed E-state index contributed by atoms with van der Waals surface area (Å²) < 4.78 is 32.3. The van der Waals surface area contributed by atoms with Crippen LogP contribution in [0.15, 0.2) is 24.3 Å². The number of anilines is 1. The van der Waals surface area contributed by atoms with E-state index >= 15 is 0 Å². The van der Waals surface area contributed by atoms with E-state index in [1.54, 1.807) is 12.1 Å². The minimum absolute atomic E-state index is 0.244. The lowest BCUT2D eigenvalue weighted by Gasteiger charge is -2.29. The predicted octanol–water partition coefficient (Wildman–Crippen LogP) is -1.51. The molecule has 9 nitrogen and oxygen atoms in total. The predicted molar refractivity (Wildman–Crippen MR) is 82.2 cm³/mol. The van der Waals surface area contributed by atoms with Crippen molar-refractivity contribution < 1.29 is 28.2 Å². The zero-order valence-electron chi connectivity index (χ0n) is 12.8. The number of nitrogens with two attached hydrogens (primary N) is 1. The number of nitrogens with one attached hydrogen (secondary N) is 1. The van der Waals surface area contributed by atoms with Crippen molar-refractivity contribution in [3.8, 4) is 5.75 Å². The molecule has 1 heterocycles. The minimum atomic E-state index is -4.18. The largest absolute Gasteiger partial charge is 0.497 e. The molecule has 1 saturated heterocycles. The summed E-state index contributed by atoms with van der Waals surface area (Å²) in [5, 5.41) is 4.00. The van der Waals surface area contributed by atoms with E-state index in [1.807, 2.05) is 0 Å². The molecule has 0 aliphatic carbocycles. The van der Waals surface area contributed by atoms with Crippen LogP contribution in [-0.4, -0.2) is 62.4 Å². The van der Waals surface area contributed by atoms with Crippen LogP contribution in [0.3, 0.4) is 0 Å². The van der Waals surface area contributed by atoms with E-state index in [0.717, 1.165) is 4.90 Å². The van der Waals surface area contributed by atoms with Gasteiger partial charge in [-0.2, -0.15) is 4.90 Å². The van der Waals surface area contributed by atoms with Crippen LogP contribution in [0.4, 0.5) is 10.5 Å². The molecule has 3 N–H and O–H groups in total. The fraction of sp³-hybridized carbons (Fsp3) is 0.308. The first-order chi connectivity index (χ1) is 10.7. The summed E-state index contributed by atoms with van der Waals surface area (Å²) in [6.45, 7) is 0. The molecule has 2 rings (SSSR count). The Hall–Kier alpha value is -2.62. The number of ether oxygens (including phenoxy) is 1. The van der Waals surface area contributed by atoms with Crippen LogP contribution in [0.1, 0.15) is 0 Å². The highest BCUT2D eigenvalue weighted by molar-refractivity contribution is 7.94. The SMILES string of the molecule is COc1ccc(NS(=O)(=O)C2C(=[NH2+])N(C)C(=O)N(C)C2=O)cc1. The molecule has 0 bridgehead atoms. The number of methoxy groups -OCH3 is 1. The van der Waals surface area contributed by atoms with Crippen molar-refractivity contribution in [3.63, 3.8) is 0 Å². The van der Waals surface area contributed by atoms with Crippen molar-refractivity contribution in [2.24, 2.45) is 0 Å². The summed E-state index contributed by atoms with van der Waals surface area (Å²) >= 11 is 0. The smallest absolute Gasteiger partial charge is 0.417 e. The second-order valence-corrected chi connectivity index (χ2v) is 6.68. The number of urea groups is 1. The lowest BCUT2D eigenvalue weighted by molar-refractivity contribution is -0.140. The van der Waals surface area contributed by atoms with Gasteiger partial charge in [0.05, 0.1) is 14.2 Å². The molecule has 124 valence electrons. The Morgan fingerprint density at radius 1 is 1.13 bits per heavy atom. The quantitative estimate of drug-likeness (QED) is 0.689.